The third-order valence-electron chi connectivity index (χ3n) is 5.68. The van der Waals surface area contributed by atoms with Crippen LogP contribution in [0.3, 0.4) is 0 Å². The van der Waals surface area contributed by atoms with E-state index in [9.17, 15) is 0 Å². The van der Waals surface area contributed by atoms with Gasteiger partial charge < -0.3 is 9.16 Å². The van der Waals surface area contributed by atoms with Crippen molar-refractivity contribution in [1.29, 1.82) is 0 Å². The van der Waals surface area contributed by atoms with Crippen LogP contribution in [0.4, 0.5) is 0 Å². The van der Waals surface area contributed by atoms with Crippen molar-refractivity contribution < 1.29 is 9.16 Å². The zero-order chi connectivity index (χ0) is 16.8. The molecule has 126 valence electrons. The van der Waals surface area contributed by atoms with Crippen molar-refractivity contribution in [1.82, 2.24) is 0 Å². The average molecular weight is 331 g/mol. The highest BCUT2D eigenvalue weighted by Crippen LogP contribution is 2.53. The first-order valence-corrected chi connectivity index (χ1v) is 12.2. The Hall–Kier alpha value is -1.22. The van der Waals surface area contributed by atoms with Gasteiger partial charge in [0.2, 0.25) is 8.32 Å². The minimum absolute atomic E-state index is 0.221. The SMILES string of the molecule is COc1cccc2c1CCC1C(C)=C(O[Si](C)(C)C)CCC21C. The van der Waals surface area contributed by atoms with Gasteiger partial charge in [-0.05, 0) is 79.9 Å². The summed E-state index contributed by atoms with van der Waals surface area (Å²) in [5.41, 5.74) is 4.64. The number of benzene rings is 1. The predicted molar refractivity (Wildman–Crippen MR) is 98.5 cm³/mol. The number of fused-ring (bicyclic) bond motifs is 3. The maximum Gasteiger partial charge on any atom is 0.241 e. The van der Waals surface area contributed by atoms with E-state index in [4.69, 9.17) is 9.16 Å². The molecule has 0 bridgehead atoms. The summed E-state index contributed by atoms with van der Waals surface area (Å²) in [6, 6.07) is 6.58. The summed E-state index contributed by atoms with van der Waals surface area (Å²) in [4.78, 5) is 0. The van der Waals surface area contributed by atoms with Crippen LogP contribution in [0.1, 0.15) is 44.2 Å². The summed E-state index contributed by atoms with van der Waals surface area (Å²) in [5.74, 6) is 2.95. The first-order chi connectivity index (χ1) is 10.8. The van der Waals surface area contributed by atoms with E-state index in [1.54, 1.807) is 7.11 Å². The molecule has 2 nitrogen and oxygen atoms in total. The molecule has 0 radical (unpaired) electrons. The van der Waals surface area contributed by atoms with E-state index in [-0.39, 0.29) is 5.41 Å². The van der Waals surface area contributed by atoms with Gasteiger partial charge in [-0.15, -0.1) is 0 Å². The van der Waals surface area contributed by atoms with Crippen molar-refractivity contribution in [3.8, 4) is 5.75 Å². The van der Waals surface area contributed by atoms with Gasteiger partial charge in [0.15, 0.2) is 0 Å². The third kappa shape index (κ3) is 2.84. The van der Waals surface area contributed by atoms with Gasteiger partial charge in [-0.1, -0.05) is 19.1 Å². The highest BCUT2D eigenvalue weighted by atomic mass is 28.4. The fourth-order valence-corrected chi connectivity index (χ4v) is 5.62. The van der Waals surface area contributed by atoms with Gasteiger partial charge in [-0.25, -0.2) is 0 Å². The molecular formula is C20H30O2Si. The standard InChI is InChI=1S/C20H30O2Si/c1-14-16-11-10-15-17(8-7-9-19(15)21-3)20(16,2)13-12-18(14)22-23(4,5)6/h7-9,16H,10-13H2,1-6H3. The number of hydrogen-bond donors (Lipinski definition) is 0. The van der Waals surface area contributed by atoms with Crippen LogP contribution in [0.15, 0.2) is 29.5 Å². The second kappa shape index (κ2) is 5.69. The zero-order valence-electron chi connectivity index (χ0n) is 15.5. The number of allylic oxidation sites excluding steroid dienone is 2. The normalized spacial score (nSPS) is 27.3. The van der Waals surface area contributed by atoms with Crippen molar-refractivity contribution >= 4 is 8.32 Å². The Labute approximate surface area is 142 Å². The minimum Gasteiger partial charge on any atom is -0.547 e. The molecule has 0 fully saturated rings. The smallest absolute Gasteiger partial charge is 0.241 e. The van der Waals surface area contributed by atoms with Crippen LogP contribution in [0.25, 0.3) is 0 Å². The average Bonchev–Trinajstić information content (AvgIpc) is 2.49. The Kier molecular flexibility index (Phi) is 4.12. The minimum atomic E-state index is -1.53. The molecule has 0 spiro atoms. The molecule has 2 aliphatic rings. The molecule has 0 saturated heterocycles. The van der Waals surface area contributed by atoms with Gasteiger partial charge in [0, 0.05) is 6.42 Å². The van der Waals surface area contributed by atoms with Gasteiger partial charge in [0.05, 0.1) is 12.9 Å². The number of ether oxygens (including phenoxy) is 1. The van der Waals surface area contributed by atoms with Crippen LogP contribution in [0.5, 0.6) is 5.75 Å². The van der Waals surface area contributed by atoms with Crippen molar-refractivity contribution in [2.75, 3.05) is 7.11 Å². The van der Waals surface area contributed by atoms with Gasteiger partial charge in [0.1, 0.15) is 5.75 Å². The van der Waals surface area contributed by atoms with E-state index < -0.39 is 8.32 Å². The topological polar surface area (TPSA) is 18.5 Å². The van der Waals surface area contributed by atoms with Crippen molar-refractivity contribution in [3.63, 3.8) is 0 Å². The van der Waals surface area contributed by atoms with Crippen LogP contribution >= 0.6 is 0 Å². The molecule has 2 aliphatic carbocycles. The van der Waals surface area contributed by atoms with Gasteiger partial charge in [-0.3, -0.25) is 0 Å². The van der Waals surface area contributed by atoms with Crippen LogP contribution in [0.2, 0.25) is 19.6 Å². The van der Waals surface area contributed by atoms with Gasteiger partial charge >= 0.3 is 0 Å². The Morgan fingerprint density at radius 1 is 1.17 bits per heavy atom. The third-order valence-corrected chi connectivity index (χ3v) is 6.54. The molecule has 1 aromatic rings. The monoisotopic (exact) mass is 330 g/mol. The highest BCUT2D eigenvalue weighted by Gasteiger charge is 2.45. The van der Waals surface area contributed by atoms with E-state index in [1.807, 2.05) is 0 Å². The molecule has 0 aromatic heterocycles. The van der Waals surface area contributed by atoms with Gasteiger partial charge in [0.25, 0.3) is 0 Å². The molecule has 23 heavy (non-hydrogen) atoms. The Morgan fingerprint density at radius 2 is 1.91 bits per heavy atom. The van der Waals surface area contributed by atoms with Crippen LogP contribution < -0.4 is 4.74 Å². The summed E-state index contributed by atoms with van der Waals surface area (Å²) < 4.78 is 12.0. The lowest BCUT2D eigenvalue weighted by Gasteiger charge is -2.48. The lowest BCUT2D eigenvalue weighted by Crippen LogP contribution is -2.41. The van der Waals surface area contributed by atoms with E-state index in [0.717, 1.165) is 18.6 Å². The van der Waals surface area contributed by atoms with E-state index in [1.165, 1.54) is 35.3 Å². The molecule has 0 heterocycles. The Morgan fingerprint density at radius 3 is 2.57 bits per heavy atom. The quantitative estimate of drug-likeness (QED) is 0.688. The highest BCUT2D eigenvalue weighted by molar-refractivity contribution is 6.70. The van der Waals surface area contributed by atoms with Crippen LogP contribution in [0, 0.1) is 5.92 Å². The van der Waals surface area contributed by atoms with Crippen molar-refractivity contribution in [2.24, 2.45) is 5.92 Å². The van der Waals surface area contributed by atoms with Gasteiger partial charge in [-0.2, -0.15) is 0 Å². The van der Waals surface area contributed by atoms with E-state index >= 15 is 0 Å². The maximum absolute atomic E-state index is 6.41. The number of rotatable bonds is 3. The maximum atomic E-state index is 6.41. The van der Waals surface area contributed by atoms with Crippen LogP contribution in [-0.4, -0.2) is 15.4 Å². The lowest BCUT2D eigenvalue weighted by molar-refractivity contribution is 0.220. The summed E-state index contributed by atoms with van der Waals surface area (Å²) in [6.45, 7) is 11.6. The second-order valence-corrected chi connectivity index (χ2v) is 12.7. The number of hydrogen-bond acceptors (Lipinski definition) is 2. The Balaban J connectivity index is 2.02. The molecule has 2 atom stereocenters. The fourth-order valence-electron chi connectivity index (χ4n) is 4.61. The molecular weight excluding hydrogens is 300 g/mol. The molecule has 3 heteroatoms. The number of methoxy groups -OCH3 is 1. The van der Waals surface area contributed by atoms with E-state index in [0.29, 0.717) is 5.92 Å². The summed E-state index contributed by atoms with van der Waals surface area (Å²) >= 11 is 0. The lowest BCUT2D eigenvalue weighted by atomic mass is 9.58. The second-order valence-electron chi connectivity index (χ2n) is 8.32. The molecule has 2 unspecified atom stereocenters. The van der Waals surface area contributed by atoms with E-state index in [2.05, 4.69) is 51.7 Å². The molecule has 0 saturated carbocycles. The summed E-state index contributed by atoms with van der Waals surface area (Å²) in [7, 11) is 0.256. The summed E-state index contributed by atoms with van der Waals surface area (Å²) in [6.07, 6.45) is 4.56. The molecule has 3 rings (SSSR count). The Bertz CT molecular complexity index is 642. The van der Waals surface area contributed by atoms with Crippen molar-refractivity contribution in [3.05, 3.63) is 40.7 Å². The van der Waals surface area contributed by atoms with Crippen LogP contribution in [-0.2, 0) is 16.3 Å². The first kappa shape index (κ1) is 16.6. The van der Waals surface area contributed by atoms with Crippen molar-refractivity contribution in [2.45, 2.75) is 64.6 Å². The first-order valence-electron chi connectivity index (χ1n) is 8.81. The fraction of sp³-hybridized carbons (Fsp3) is 0.600. The molecule has 0 amide bonds. The largest absolute Gasteiger partial charge is 0.547 e. The molecule has 0 N–H and O–H groups in total. The predicted octanol–water partition coefficient (Wildman–Crippen LogP) is 5.43. The zero-order valence-corrected chi connectivity index (χ0v) is 16.5. The molecule has 0 aliphatic heterocycles. The summed E-state index contributed by atoms with van der Waals surface area (Å²) in [5, 5.41) is 0. The molecule has 1 aromatic carbocycles.